The molecule has 73 heavy (non-hydrogen) atoms. The Bertz CT molecular complexity index is 1940. The summed E-state index contributed by atoms with van der Waals surface area (Å²) in [6.07, 6.45) is 12.0. The third-order valence-electron chi connectivity index (χ3n) is 20.5. The third-order valence-corrected chi connectivity index (χ3v) is 33.9. The topological polar surface area (TPSA) is 98.8 Å². The molecule has 0 aromatic heterocycles. The summed E-state index contributed by atoms with van der Waals surface area (Å²) < 4.78 is 51.6. The summed E-state index contributed by atoms with van der Waals surface area (Å²) in [6.45, 7) is 52.8. The van der Waals surface area contributed by atoms with Gasteiger partial charge in [0, 0.05) is 19.3 Å². The van der Waals surface area contributed by atoms with Gasteiger partial charge in [0.25, 0.3) is 0 Å². The Morgan fingerprint density at radius 2 is 1.26 bits per heavy atom. The first-order chi connectivity index (χ1) is 33.6. The number of ketones is 2. The average molecular weight is 1070 g/mol. The average Bonchev–Trinajstić information content (AvgIpc) is 3.77. The van der Waals surface area contributed by atoms with Crippen molar-refractivity contribution < 1.29 is 41.8 Å². The van der Waals surface area contributed by atoms with Crippen molar-refractivity contribution >= 4 is 36.5 Å². The molecule has 1 saturated carbocycles. The molecule has 7 heterocycles. The first-order valence-corrected chi connectivity index (χ1v) is 38.1. The Kier molecular flexibility index (Phi) is 19.9. The van der Waals surface area contributed by atoms with E-state index in [0.717, 1.165) is 63.4 Å². The highest BCUT2D eigenvalue weighted by molar-refractivity contribution is 6.75. The number of rotatable bonds is 9. The molecule has 0 spiro atoms. The maximum atomic E-state index is 14.8. The lowest BCUT2D eigenvalue weighted by atomic mass is 9.68. The lowest BCUT2D eigenvalue weighted by Crippen LogP contribution is -2.69. The predicted molar refractivity (Wildman–Crippen MR) is 307 cm³/mol. The summed E-state index contributed by atoms with van der Waals surface area (Å²) in [6, 6.07) is 0. The van der Waals surface area contributed by atoms with Crippen LogP contribution >= 0.6 is 0 Å². The SMILES string of the molecule is C=C1CC2CCC(=O)/C=C/[C@H](O[Si](C)(C)C(C)(C)C)[C@@H]3O[C@H]4CCC(CC(=O)C[C@@H]5[C@@H](C)[C@@H](C[C@H](C)CC)O[C@H]5CC5C[C@@H](CCC1O2)C[C@@H](C)C5=C)O[C@@H]4[C@H](O[Si](C)(C)C(C)(C)C)[C@@H]3O[Si](C)(C)C(C)(C)C. The Hall–Kier alpha value is -1.07. The molecule has 0 amide bonds. The number of ether oxygens (including phenoxy) is 4. The summed E-state index contributed by atoms with van der Waals surface area (Å²) in [5, 5.41) is -0.339. The van der Waals surface area contributed by atoms with E-state index < -0.39 is 55.5 Å². The quantitative estimate of drug-likeness (QED) is 0.165. The normalized spacial score (nSPS) is 38.2. The molecule has 0 aromatic carbocycles. The van der Waals surface area contributed by atoms with Crippen LogP contribution in [0.4, 0.5) is 0 Å². The largest absolute Gasteiger partial charge is 0.408 e. The maximum absolute atomic E-state index is 14.8. The van der Waals surface area contributed by atoms with Gasteiger partial charge in [-0.25, -0.2) is 0 Å². The second kappa shape index (κ2) is 23.7. The van der Waals surface area contributed by atoms with Crippen LogP contribution in [-0.4, -0.2) is 104 Å². The molecule has 1 aliphatic carbocycles. The van der Waals surface area contributed by atoms with E-state index in [2.05, 4.69) is 136 Å². The van der Waals surface area contributed by atoms with Crippen molar-refractivity contribution in [3.63, 3.8) is 0 Å². The Labute approximate surface area is 449 Å². The van der Waals surface area contributed by atoms with E-state index in [0.29, 0.717) is 55.8 Å². The smallest absolute Gasteiger partial charge is 0.193 e. The number of hydrogen-bond acceptors (Lipinski definition) is 9. The van der Waals surface area contributed by atoms with Crippen LogP contribution in [0.3, 0.4) is 0 Å². The lowest BCUT2D eigenvalue weighted by Gasteiger charge is -2.56. The fraction of sp³-hybridized carbons (Fsp3) is 0.869. The van der Waals surface area contributed by atoms with Crippen LogP contribution < -0.4 is 0 Å². The molecule has 8 rings (SSSR count). The van der Waals surface area contributed by atoms with Gasteiger partial charge in [-0.3, -0.25) is 9.59 Å². The van der Waals surface area contributed by atoms with Gasteiger partial charge in [0.15, 0.2) is 30.7 Å². The van der Waals surface area contributed by atoms with Crippen molar-refractivity contribution in [1.29, 1.82) is 0 Å². The highest BCUT2D eigenvalue weighted by Crippen LogP contribution is 2.50. The van der Waals surface area contributed by atoms with E-state index in [1.165, 1.54) is 5.57 Å². The number of fused-ring (bicyclic) bond motifs is 2. The van der Waals surface area contributed by atoms with Crippen molar-refractivity contribution in [3.8, 4) is 0 Å². The monoisotopic (exact) mass is 1070 g/mol. The van der Waals surface area contributed by atoms with E-state index in [4.69, 9.17) is 38.8 Å². The standard InChI is InChI=1S/C61H108O9Si3/c1-22-38(2)31-53-42(6)49-37-46(63)36-48-27-30-51-55(65-48)57(69-72(18,19)60(10,11)12)58(70-73(20,21)61(13,14)15)56(67-51)52(68-71(16,17)59(7,8)9)29-25-45(62)24-26-47-33-40(4)50(64-47)28-23-43-32-39(3)41(5)44(34-43)35-54(49)66-53/h25,29,38-39,42-44,47-58H,4-5,22-24,26-28,30-37H2,1-3,6-21H3/b29-25+/t38-,39-,42-,43+,44?,47?,48?,49-,50?,51+,52+,53-,54+,55+,56+,57+,58-/m1/s1. The number of carbonyl (C=O) groups is 2. The molecule has 0 radical (unpaired) electrons. The second-order valence-electron chi connectivity index (χ2n) is 29.2. The van der Waals surface area contributed by atoms with Gasteiger partial charge in [0.1, 0.15) is 30.2 Å². The zero-order valence-electron chi connectivity index (χ0n) is 50.0. The Morgan fingerprint density at radius 1 is 0.671 bits per heavy atom. The van der Waals surface area contributed by atoms with Crippen LogP contribution in [-0.2, 0) is 41.8 Å². The van der Waals surface area contributed by atoms with Crippen molar-refractivity contribution in [2.45, 2.75) is 301 Å². The minimum absolute atomic E-state index is 0.00663. The van der Waals surface area contributed by atoms with Gasteiger partial charge in [-0.2, -0.15) is 0 Å². The number of allylic oxidation sites excluding steroid dienone is 2. The van der Waals surface area contributed by atoms with Gasteiger partial charge in [0.05, 0.1) is 42.7 Å². The van der Waals surface area contributed by atoms with Crippen molar-refractivity contribution in [1.82, 2.24) is 0 Å². The molecule has 4 saturated heterocycles. The molecule has 4 unspecified atom stereocenters. The van der Waals surface area contributed by atoms with Crippen molar-refractivity contribution in [2.24, 2.45) is 35.5 Å². The van der Waals surface area contributed by atoms with Crippen LogP contribution in [0.2, 0.25) is 54.4 Å². The van der Waals surface area contributed by atoms with E-state index >= 15 is 0 Å². The summed E-state index contributed by atoms with van der Waals surface area (Å²) >= 11 is 0. The summed E-state index contributed by atoms with van der Waals surface area (Å²) in [5.74, 6) is 2.62. The fourth-order valence-corrected chi connectivity index (χ4v) is 16.0. The highest BCUT2D eigenvalue weighted by atomic mass is 28.4. The van der Waals surface area contributed by atoms with Crippen LogP contribution in [0.5, 0.6) is 0 Å². The number of carbonyl (C=O) groups excluding carboxylic acids is 2. The minimum atomic E-state index is -2.53. The number of hydrogen-bond donors (Lipinski definition) is 0. The summed E-state index contributed by atoms with van der Waals surface area (Å²) in [7, 11) is -7.50. The zero-order valence-corrected chi connectivity index (χ0v) is 53.0. The molecule has 418 valence electrons. The molecule has 8 bridgehead atoms. The van der Waals surface area contributed by atoms with Gasteiger partial charge in [0.2, 0.25) is 0 Å². The molecule has 8 aliphatic rings. The third kappa shape index (κ3) is 14.8. The van der Waals surface area contributed by atoms with Crippen LogP contribution in [0.15, 0.2) is 36.5 Å². The summed E-state index contributed by atoms with van der Waals surface area (Å²) in [5.41, 5.74) is 2.50. The highest BCUT2D eigenvalue weighted by Gasteiger charge is 2.58. The van der Waals surface area contributed by atoms with Crippen molar-refractivity contribution in [2.75, 3.05) is 0 Å². The van der Waals surface area contributed by atoms with Crippen LogP contribution in [0, 0.1) is 35.5 Å². The van der Waals surface area contributed by atoms with E-state index in [1.807, 2.05) is 6.08 Å². The first kappa shape index (κ1) is 61.1. The molecule has 17 atom stereocenters. The van der Waals surface area contributed by atoms with Crippen LogP contribution in [0.25, 0.3) is 0 Å². The molecule has 9 nitrogen and oxygen atoms in total. The van der Waals surface area contributed by atoms with E-state index in [1.54, 1.807) is 6.08 Å². The van der Waals surface area contributed by atoms with Crippen LogP contribution in [0.1, 0.15) is 180 Å². The Balaban J connectivity index is 1.42. The molecular formula is C61H108O9Si3. The Morgan fingerprint density at radius 3 is 1.86 bits per heavy atom. The second-order valence-corrected chi connectivity index (χ2v) is 43.5. The van der Waals surface area contributed by atoms with Crippen molar-refractivity contribution in [3.05, 3.63) is 36.5 Å². The van der Waals surface area contributed by atoms with E-state index in [9.17, 15) is 9.59 Å². The maximum Gasteiger partial charge on any atom is 0.193 e. The van der Waals surface area contributed by atoms with Gasteiger partial charge in [-0.1, -0.05) is 121 Å². The fourth-order valence-electron chi connectivity index (χ4n) is 12.2. The zero-order chi connectivity index (χ0) is 54.4. The molecule has 0 N–H and O–H groups in total. The molecule has 0 aromatic rings. The summed E-state index contributed by atoms with van der Waals surface area (Å²) in [4.78, 5) is 29.0. The predicted octanol–water partition coefficient (Wildman–Crippen LogP) is 15.3. The molecule has 5 fully saturated rings. The molecular weight excluding hydrogens is 961 g/mol. The molecule has 7 aliphatic heterocycles. The van der Waals surface area contributed by atoms with Gasteiger partial charge in [-0.15, -0.1) is 0 Å². The van der Waals surface area contributed by atoms with E-state index in [-0.39, 0.29) is 75.1 Å². The van der Waals surface area contributed by atoms with Gasteiger partial charge >= 0.3 is 0 Å². The molecule has 12 heteroatoms. The number of Topliss-reactive ketones (excluding diaryl/α,β-unsaturated/α-hetero) is 1. The lowest BCUT2D eigenvalue weighted by molar-refractivity contribution is -0.266. The minimum Gasteiger partial charge on any atom is -0.408 e. The first-order valence-electron chi connectivity index (χ1n) is 29.4. The van der Waals surface area contributed by atoms with Gasteiger partial charge < -0.3 is 32.2 Å². The van der Waals surface area contributed by atoms with Gasteiger partial charge in [-0.05, 0) is 166 Å².